The van der Waals surface area contributed by atoms with Crippen LogP contribution in [0.4, 0.5) is 8.78 Å². The van der Waals surface area contributed by atoms with Crippen molar-refractivity contribution in [2.24, 2.45) is 11.8 Å². The fraction of sp³-hybridized carbons (Fsp3) is 0.950. The van der Waals surface area contributed by atoms with Crippen molar-refractivity contribution in [3.63, 3.8) is 0 Å². The minimum Gasteiger partial charge on any atom is -0.388 e. The third-order valence-electron chi connectivity index (χ3n) is 6.08. The number of rotatable bonds is 9. The number of hydrogen-bond donors (Lipinski definition) is 5. The van der Waals surface area contributed by atoms with Crippen molar-refractivity contribution in [3.8, 4) is 0 Å². The molecule has 0 aromatic rings. The van der Waals surface area contributed by atoms with E-state index in [1.54, 1.807) is 6.26 Å². The van der Waals surface area contributed by atoms with Crippen LogP contribution in [-0.4, -0.2) is 82.4 Å². The van der Waals surface area contributed by atoms with Crippen LogP contribution in [0.3, 0.4) is 0 Å². The number of thioether (sulfide) groups is 1. The molecule has 0 aromatic heterocycles. The summed E-state index contributed by atoms with van der Waals surface area (Å²) < 4.78 is 30.6. The minimum atomic E-state index is -2.29. The number of halogens is 2. The first-order valence-electron chi connectivity index (χ1n) is 10.7. The van der Waals surface area contributed by atoms with Gasteiger partial charge in [-0.1, -0.05) is 20.3 Å². The topological polar surface area (TPSA) is 111 Å². The van der Waals surface area contributed by atoms with Crippen LogP contribution in [0, 0.1) is 11.8 Å². The molecule has 0 unspecified atom stereocenters. The molecule has 0 spiro atoms. The lowest BCUT2D eigenvalue weighted by atomic mass is 9.86. The van der Waals surface area contributed by atoms with Gasteiger partial charge in [-0.25, -0.2) is 8.78 Å². The van der Waals surface area contributed by atoms with Crippen molar-refractivity contribution in [1.82, 2.24) is 10.6 Å². The quantitative estimate of drug-likeness (QED) is 0.355. The average Bonchev–Trinajstić information content (AvgIpc) is 2.70. The van der Waals surface area contributed by atoms with Gasteiger partial charge < -0.3 is 30.7 Å². The van der Waals surface area contributed by atoms with Crippen LogP contribution < -0.4 is 10.6 Å². The summed E-state index contributed by atoms with van der Waals surface area (Å²) in [6, 6.07) is -1.01. The van der Waals surface area contributed by atoms with Crippen LogP contribution in [0.2, 0.25) is 0 Å². The van der Waals surface area contributed by atoms with Crippen LogP contribution in [0.25, 0.3) is 0 Å². The molecular weight excluding hydrogens is 418 g/mol. The Morgan fingerprint density at radius 3 is 2.53 bits per heavy atom. The van der Waals surface area contributed by atoms with E-state index in [0.717, 1.165) is 6.42 Å². The van der Waals surface area contributed by atoms with Gasteiger partial charge in [0.1, 0.15) is 29.9 Å². The first-order chi connectivity index (χ1) is 14.1. The molecule has 0 radical (unpaired) electrons. The number of ether oxygens (including phenoxy) is 1. The molecule has 0 aliphatic carbocycles. The molecule has 0 saturated carbocycles. The van der Waals surface area contributed by atoms with E-state index in [-0.39, 0.29) is 24.2 Å². The number of piperidine rings is 1. The number of carbonyl (C=O) groups excluding carboxylic acids is 1. The predicted molar refractivity (Wildman–Crippen MR) is 111 cm³/mol. The number of carbonyl (C=O) groups is 1. The molecule has 0 bridgehead atoms. The van der Waals surface area contributed by atoms with E-state index in [1.807, 2.05) is 13.8 Å². The Hall–Kier alpha value is -0.520. The largest absolute Gasteiger partial charge is 0.388 e. The summed E-state index contributed by atoms with van der Waals surface area (Å²) in [5.41, 5.74) is -0.710. The van der Waals surface area contributed by atoms with Crippen LogP contribution >= 0.6 is 11.8 Å². The van der Waals surface area contributed by atoms with Gasteiger partial charge in [0, 0.05) is 6.42 Å². The zero-order valence-electron chi connectivity index (χ0n) is 17.8. The van der Waals surface area contributed by atoms with Gasteiger partial charge in [0.05, 0.1) is 12.1 Å². The average molecular weight is 455 g/mol. The molecule has 5 N–H and O–H groups in total. The number of alkyl halides is 2. The van der Waals surface area contributed by atoms with Crippen molar-refractivity contribution in [1.29, 1.82) is 0 Å². The Kier molecular flexibility index (Phi) is 10.2. The summed E-state index contributed by atoms with van der Waals surface area (Å²) in [5.74, 6) is -0.110. The zero-order valence-corrected chi connectivity index (χ0v) is 18.7. The van der Waals surface area contributed by atoms with Crippen LogP contribution in [-0.2, 0) is 9.53 Å². The van der Waals surface area contributed by atoms with Gasteiger partial charge in [-0.2, -0.15) is 0 Å². The molecule has 30 heavy (non-hydrogen) atoms. The Morgan fingerprint density at radius 1 is 1.23 bits per heavy atom. The highest BCUT2D eigenvalue weighted by Crippen LogP contribution is 2.31. The molecule has 2 fully saturated rings. The van der Waals surface area contributed by atoms with Gasteiger partial charge in [0.15, 0.2) is 0 Å². The second kappa shape index (κ2) is 11.9. The smallest absolute Gasteiger partial charge is 0.238 e. The Morgan fingerprint density at radius 2 is 1.93 bits per heavy atom. The van der Waals surface area contributed by atoms with E-state index in [1.165, 1.54) is 11.8 Å². The number of aliphatic hydroxyl groups excluding tert-OH is 3. The van der Waals surface area contributed by atoms with Crippen molar-refractivity contribution in [3.05, 3.63) is 0 Å². The third-order valence-corrected chi connectivity index (χ3v) is 6.94. The van der Waals surface area contributed by atoms with Gasteiger partial charge in [-0.15, -0.1) is 11.8 Å². The summed E-state index contributed by atoms with van der Waals surface area (Å²) in [7, 11) is 0. The molecule has 2 aliphatic heterocycles. The molecule has 2 rings (SSSR count). The Labute approximate surface area is 181 Å². The number of hydrogen-bond acceptors (Lipinski definition) is 7. The molecule has 1 amide bonds. The van der Waals surface area contributed by atoms with E-state index in [2.05, 4.69) is 10.6 Å². The molecule has 0 aromatic carbocycles. The summed E-state index contributed by atoms with van der Waals surface area (Å²) in [6.07, 6.45) is -2.91. The first kappa shape index (κ1) is 25.7. The lowest BCUT2D eigenvalue weighted by Crippen LogP contribution is -2.65. The third kappa shape index (κ3) is 6.74. The highest BCUT2D eigenvalue weighted by Gasteiger charge is 2.47. The Bertz CT molecular complexity index is 543. The molecule has 2 aliphatic rings. The van der Waals surface area contributed by atoms with Crippen molar-refractivity contribution in [2.45, 2.75) is 94.3 Å². The standard InChI is InChI=1S/C20H36F2N2O5S/c1-10(2)14(18-16(26)15(25)17(27)20(29-18)30-3)24-19(28)12-9-11(7-8-23-12)5-4-6-13(21)22/h10-18,20,23,25-27H,4-9H2,1-3H3,(H,24,28)/t11-,12+,14-,15+,16-,17-,18-,20-/m1/s1. The maximum absolute atomic E-state index is 12.9. The predicted octanol–water partition coefficient (Wildman–Crippen LogP) is 1.10. The van der Waals surface area contributed by atoms with Crippen molar-refractivity contribution in [2.75, 3.05) is 12.8 Å². The normalized spacial score (nSPS) is 36.1. The number of amides is 1. The van der Waals surface area contributed by atoms with Crippen LogP contribution in [0.1, 0.15) is 46.0 Å². The maximum atomic E-state index is 12.9. The lowest BCUT2D eigenvalue weighted by molar-refractivity contribution is -0.208. The lowest BCUT2D eigenvalue weighted by Gasteiger charge is -2.44. The van der Waals surface area contributed by atoms with E-state index in [0.29, 0.717) is 25.8 Å². The second-order valence-corrected chi connectivity index (χ2v) is 9.61. The highest BCUT2D eigenvalue weighted by atomic mass is 32.2. The Balaban J connectivity index is 1.99. The van der Waals surface area contributed by atoms with E-state index in [4.69, 9.17) is 4.74 Å². The van der Waals surface area contributed by atoms with Crippen LogP contribution in [0.5, 0.6) is 0 Å². The molecule has 2 heterocycles. The molecule has 176 valence electrons. The molecule has 7 nitrogen and oxygen atoms in total. The maximum Gasteiger partial charge on any atom is 0.238 e. The molecule has 2 saturated heterocycles. The fourth-order valence-electron chi connectivity index (χ4n) is 4.28. The number of nitrogens with one attached hydrogen (secondary N) is 2. The fourth-order valence-corrected chi connectivity index (χ4v) is 4.96. The van der Waals surface area contributed by atoms with Crippen LogP contribution in [0.15, 0.2) is 0 Å². The summed E-state index contributed by atoms with van der Waals surface area (Å²) >= 11 is 1.23. The first-order valence-corrected chi connectivity index (χ1v) is 12.0. The van der Waals surface area contributed by atoms with Gasteiger partial charge in [-0.3, -0.25) is 4.79 Å². The molecule has 8 atom stereocenters. The van der Waals surface area contributed by atoms with Gasteiger partial charge in [0.2, 0.25) is 12.3 Å². The SMILES string of the molecule is CS[C@H]1O[C@H]([C@H](NC(=O)[C@@H]2C[C@H](CCCC(F)F)CCN2)C(C)C)[C@H](O)[C@H](O)[C@H]1O. The minimum absolute atomic E-state index is 0.0935. The van der Waals surface area contributed by atoms with E-state index < -0.39 is 48.4 Å². The summed E-state index contributed by atoms with van der Waals surface area (Å²) in [6.45, 7) is 4.41. The monoisotopic (exact) mass is 454 g/mol. The van der Waals surface area contributed by atoms with Gasteiger partial charge >= 0.3 is 0 Å². The highest BCUT2D eigenvalue weighted by molar-refractivity contribution is 7.99. The van der Waals surface area contributed by atoms with Crippen molar-refractivity contribution < 1.29 is 33.6 Å². The summed E-state index contributed by atoms with van der Waals surface area (Å²) in [5, 5.41) is 36.9. The van der Waals surface area contributed by atoms with Gasteiger partial charge in [0.25, 0.3) is 0 Å². The van der Waals surface area contributed by atoms with Crippen molar-refractivity contribution >= 4 is 17.7 Å². The molecular formula is C20H36F2N2O5S. The van der Waals surface area contributed by atoms with Gasteiger partial charge in [-0.05, 0) is 43.9 Å². The number of aliphatic hydroxyl groups is 3. The molecule has 10 heteroatoms. The van der Waals surface area contributed by atoms with E-state index in [9.17, 15) is 28.9 Å². The zero-order chi connectivity index (χ0) is 22.4. The second-order valence-electron chi connectivity index (χ2n) is 8.67. The van der Waals surface area contributed by atoms with E-state index >= 15 is 0 Å². The summed E-state index contributed by atoms with van der Waals surface area (Å²) in [4.78, 5) is 12.9.